The van der Waals surface area contributed by atoms with E-state index >= 15 is 0 Å². The van der Waals surface area contributed by atoms with Crippen molar-refractivity contribution in [2.24, 2.45) is 4.99 Å². The molecule has 0 amide bonds. The van der Waals surface area contributed by atoms with E-state index in [1.807, 2.05) is 31.2 Å². The Kier molecular flexibility index (Phi) is 9.69. The quantitative estimate of drug-likeness (QED) is 0.236. The van der Waals surface area contributed by atoms with Gasteiger partial charge in [0.2, 0.25) is 5.89 Å². The fourth-order valence-corrected chi connectivity index (χ4v) is 2.82. The van der Waals surface area contributed by atoms with Gasteiger partial charge in [-0.1, -0.05) is 23.8 Å². The number of nitrogens with one attached hydrogen (secondary N) is 2. The van der Waals surface area contributed by atoms with Crippen molar-refractivity contribution in [1.82, 2.24) is 15.6 Å². The molecule has 0 aliphatic heterocycles. The van der Waals surface area contributed by atoms with Gasteiger partial charge in [-0.2, -0.15) is 8.78 Å². The molecule has 2 N–H and O–H groups in total. The molecule has 0 radical (unpaired) electrons. The van der Waals surface area contributed by atoms with E-state index in [4.69, 9.17) is 9.15 Å². The molecule has 3 aromatic rings. The molecule has 32 heavy (non-hydrogen) atoms. The normalized spacial score (nSPS) is 11.1. The third-order valence-electron chi connectivity index (χ3n) is 4.41. The maximum atomic E-state index is 12.6. The third-order valence-corrected chi connectivity index (χ3v) is 4.41. The number of nitrogens with zero attached hydrogens (tertiary/aromatic N) is 2. The summed E-state index contributed by atoms with van der Waals surface area (Å²) in [4.78, 5) is 8.64. The van der Waals surface area contributed by atoms with Crippen LogP contribution in [0.2, 0.25) is 0 Å². The molecule has 0 saturated heterocycles. The summed E-state index contributed by atoms with van der Waals surface area (Å²) in [5.41, 5.74) is 3.51. The fourth-order valence-electron chi connectivity index (χ4n) is 2.82. The van der Waals surface area contributed by atoms with Crippen LogP contribution in [0.1, 0.15) is 16.8 Å². The summed E-state index contributed by atoms with van der Waals surface area (Å²) in [6.45, 7) is -0.168. The van der Waals surface area contributed by atoms with Crippen molar-refractivity contribution in [1.29, 1.82) is 0 Å². The first-order valence-electron chi connectivity index (χ1n) is 9.56. The predicted octanol–water partition coefficient (Wildman–Crippen LogP) is 4.74. The number of aliphatic imine (C=N–C) groups is 1. The summed E-state index contributed by atoms with van der Waals surface area (Å²) in [7, 11) is 3.03. The first kappa shape index (κ1) is 25.4. The lowest BCUT2D eigenvalue weighted by Gasteiger charge is -2.14. The Hall–Kier alpha value is -2.89. The summed E-state index contributed by atoms with van der Waals surface area (Å²) in [6.07, 6.45) is 1.59. The van der Waals surface area contributed by atoms with Crippen LogP contribution in [-0.4, -0.2) is 31.7 Å². The van der Waals surface area contributed by atoms with Crippen LogP contribution < -0.4 is 20.1 Å². The van der Waals surface area contributed by atoms with E-state index in [2.05, 4.69) is 25.3 Å². The number of alkyl halides is 2. The van der Waals surface area contributed by atoms with Crippen LogP contribution in [0.4, 0.5) is 8.78 Å². The minimum atomic E-state index is -2.93. The summed E-state index contributed by atoms with van der Waals surface area (Å²) >= 11 is 0. The standard InChI is InChI=1S/C22H24F2N4O3.HI/c1-14-4-7-16(8-5-14)20-28-17(13-30-20)12-27-22(25-2)26-11-15-6-9-18(29-3)19(10-15)31-21(23)24;/h4-10,13,21H,11-12H2,1-3H3,(H2,25,26,27);1H. The highest BCUT2D eigenvalue weighted by Gasteiger charge is 2.12. The molecule has 0 unspecified atom stereocenters. The number of guanidine groups is 1. The van der Waals surface area contributed by atoms with Crippen molar-refractivity contribution in [2.75, 3.05) is 14.2 Å². The Morgan fingerprint density at radius 1 is 1.09 bits per heavy atom. The molecule has 0 bridgehead atoms. The summed E-state index contributed by atoms with van der Waals surface area (Å²) in [5.74, 6) is 1.28. The third kappa shape index (κ3) is 7.08. The van der Waals surface area contributed by atoms with Crippen LogP contribution in [-0.2, 0) is 13.1 Å². The van der Waals surface area contributed by atoms with Gasteiger partial charge in [-0.15, -0.1) is 24.0 Å². The monoisotopic (exact) mass is 558 g/mol. The maximum absolute atomic E-state index is 12.6. The number of hydrogen-bond donors (Lipinski definition) is 2. The zero-order chi connectivity index (χ0) is 22.2. The molecule has 2 aromatic carbocycles. The van der Waals surface area contributed by atoms with Gasteiger partial charge in [-0.05, 0) is 36.8 Å². The van der Waals surface area contributed by atoms with Gasteiger partial charge in [-0.3, -0.25) is 4.99 Å². The molecule has 10 heteroatoms. The second-order valence-corrected chi connectivity index (χ2v) is 6.65. The zero-order valence-corrected chi connectivity index (χ0v) is 20.2. The molecule has 0 spiro atoms. The number of benzene rings is 2. The summed E-state index contributed by atoms with van der Waals surface area (Å²) in [6, 6.07) is 12.7. The molecule has 0 aliphatic carbocycles. The van der Waals surface area contributed by atoms with Crippen LogP contribution in [0, 0.1) is 6.92 Å². The highest BCUT2D eigenvalue weighted by Crippen LogP contribution is 2.29. The van der Waals surface area contributed by atoms with Crippen molar-refractivity contribution in [3.8, 4) is 23.0 Å². The lowest BCUT2D eigenvalue weighted by atomic mass is 10.1. The molecule has 0 aliphatic rings. The zero-order valence-electron chi connectivity index (χ0n) is 17.9. The predicted molar refractivity (Wildman–Crippen MR) is 129 cm³/mol. The van der Waals surface area contributed by atoms with Gasteiger partial charge in [-0.25, -0.2) is 4.98 Å². The van der Waals surface area contributed by atoms with Crippen LogP contribution in [0.3, 0.4) is 0 Å². The molecular formula is C22H25F2IN4O3. The SMILES string of the molecule is CN=C(NCc1ccc(OC)c(OC(F)F)c1)NCc1coc(-c2ccc(C)cc2)n1.I. The van der Waals surface area contributed by atoms with Crippen molar-refractivity contribution >= 4 is 29.9 Å². The second kappa shape index (κ2) is 12.2. The van der Waals surface area contributed by atoms with Crippen LogP contribution in [0.5, 0.6) is 11.5 Å². The van der Waals surface area contributed by atoms with Gasteiger partial charge in [0.1, 0.15) is 6.26 Å². The number of ether oxygens (including phenoxy) is 2. The molecule has 1 heterocycles. The Morgan fingerprint density at radius 3 is 2.47 bits per heavy atom. The molecule has 172 valence electrons. The van der Waals surface area contributed by atoms with Gasteiger partial charge >= 0.3 is 6.61 Å². The highest BCUT2D eigenvalue weighted by molar-refractivity contribution is 14.0. The average molecular weight is 558 g/mol. The lowest BCUT2D eigenvalue weighted by molar-refractivity contribution is -0.0512. The first-order valence-corrected chi connectivity index (χ1v) is 9.56. The number of aromatic nitrogens is 1. The van der Waals surface area contributed by atoms with Gasteiger partial charge in [0.25, 0.3) is 0 Å². The molecular weight excluding hydrogens is 533 g/mol. The minimum absolute atomic E-state index is 0. The Bertz CT molecular complexity index is 1030. The van der Waals surface area contributed by atoms with E-state index in [1.54, 1.807) is 25.4 Å². The average Bonchev–Trinajstić information content (AvgIpc) is 3.23. The number of hydrogen-bond acceptors (Lipinski definition) is 5. The molecule has 1 aromatic heterocycles. The van der Waals surface area contributed by atoms with Gasteiger partial charge in [0.05, 0.1) is 19.3 Å². The van der Waals surface area contributed by atoms with Crippen molar-refractivity contribution < 1.29 is 22.7 Å². The number of aryl methyl sites for hydroxylation is 1. The second-order valence-electron chi connectivity index (χ2n) is 6.65. The number of rotatable bonds is 8. The van der Waals surface area contributed by atoms with E-state index in [0.717, 1.165) is 22.4 Å². The van der Waals surface area contributed by atoms with Gasteiger partial charge in [0, 0.05) is 19.2 Å². The number of oxazole rings is 1. The first-order chi connectivity index (χ1) is 15.0. The van der Waals surface area contributed by atoms with Crippen LogP contribution in [0.15, 0.2) is 58.1 Å². The fraction of sp³-hybridized carbons (Fsp3) is 0.273. The molecule has 0 atom stereocenters. The number of methoxy groups -OCH3 is 1. The maximum Gasteiger partial charge on any atom is 0.387 e. The van der Waals surface area contributed by atoms with Crippen LogP contribution in [0.25, 0.3) is 11.5 Å². The van der Waals surface area contributed by atoms with E-state index < -0.39 is 6.61 Å². The Balaban J connectivity index is 0.00000363. The molecule has 0 saturated carbocycles. The molecule has 3 rings (SSSR count). The smallest absolute Gasteiger partial charge is 0.387 e. The van der Waals surface area contributed by atoms with E-state index in [1.165, 1.54) is 13.2 Å². The number of halogens is 3. The topological polar surface area (TPSA) is 80.9 Å². The largest absolute Gasteiger partial charge is 0.493 e. The van der Waals surface area contributed by atoms with E-state index in [0.29, 0.717) is 24.9 Å². The minimum Gasteiger partial charge on any atom is -0.493 e. The lowest BCUT2D eigenvalue weighted by Crippen LogP contribution is -2.36. The van der Waals surface area contributed by atoms with Crippen molar-refractivity contribution in [3.63, 3.8) is 0 Å². The van der Waals surface area contributed by atoms with E-state index in [9.17, 15) is 8.78 Å². The van der Waals surface area contributed by atoms with Crippen molar-refractivity contribution in [2.45, 2.75) is 26.6 Å². The Morgan fingerprint density at radius 2 is 1.81 bits per heavy atom. The Labute approximate surface area is 202 Å². The van der Waals surface area contributed by atoms with Crippen LogP contribution >= 0.6 is 24.0 Å². The summed E-state index contributed by atoms with van der Waals surface area (Å²) in [5, 5.41) is 6.26. The molecule has 7 nitrogen and oxygen atoms in total. The highest BCUT2D eigenvalue weighted by atomic mass is 127. The molecule has 0 fully saturated rings. The van der Waals surface area contributed by atoms with Gasteiger partial charge in [0.15, 0.2) is 17.5 Å². The van der Waals surface area contributed by atoms with Gasteiger partial charge < -0.3 is 24.5 Å². The van der Waals surface area contributed by atoms with Crippen molar-refractivity contribution in [3.05, 3.63) is 65.5 Å². The van der Waals surface area contributed by atoms with E-state index in [-0.39, 0.29) is 35.5 Å². The summed E-state index contributed by atoms with van der Waals surface area (Å²) < 4.78 is 40.3.